The standard InChI is InChI=1S/C26H31N5O/c1-16-13-17(2)31(18(16)3)25-14-24(29-19(4)30-25)15-28-26(32)22-7-5-20(6-8-22)21-9-11-23(27)12-10-21/h5-12,14,16-18H,13,15,27H2,1-4H3,(H,28,32). The Hall–Kier alpha value is -3.41. The van der Waals surface area contributed by atoms with Gasteiger partial charge >= 0.3 is 0 Å². The Bertz CT molecular complexity index is 1090. The summed E-state index contributed by atoms with van der Waals surface area (Å²) in [6.45, 7) is 9.05. The second-order valence-electron chi connectivity index (χ2n) is 8.86. The van der Waals surface area contributed by atoms with Gasteiger partial charge in [-0.25, -0.2) is 9.97 Å². The van der Waals surface area contributed by atoms with Gasteiger partial charge in [-0.3, -0.25) is 4.79 Å². The fourth-order valence-corrected chi connectivity index (χ4v) is 4.56. The van der Waals surface area contributed by atoms with Crippen molar-refractivity contribution in [2.45, 2.75) is 52.7 Å². The van der Waals surface area contributed by atoms with Crippen molar-refractivity contribution < 1.29 is 4.79 Å². The second-order valence-corrected chi connectivity index (χ2v) is 8.86. The monoisotopic (exact) mass is 429 g/mol. The van der Waals surface area contributed by atoms with Crippen molar-refractivity contribution in [3.8, 4) is 11.1 Å². The highest BCUT2D eigenvalue weighted by atomic mass is 16.1. The van der Waals surface area contributed by atoms with Crippen LogP contribution < -0.4 is 16.0 Å². The number of carbonyl (C=O) groups is 1. The molecule has 3 aromatic rings. The van der Waals surface area contributed by atoms with E-state index in [9.17, 15) is 4.79 Å². The number of carbonyl (C=O) groups excluding carboxylic acids is 1. The first-order chi connectivity index (χ1) is 15.3. The van der Waals surface area contributed by atoms with Gasteiger partial charge < -0.3 is 16.0 Å². The van der Waals surface area contributed by atoms with Crippen molar-refractivity contribution in [3.05, 3.63) is 71.7 Å². The van der Waals surface area contributed by atoms with E-state index in [4.69, 9.17) is 5.73 Å². The summed E-state index contributed by atoms with van der Waals surface area (Å²) in [6.07, 6.45) is 1.16. The molecule has 1 amide bonds. The Morgan fingerprint density at radius 1 is 1.03 bits per heavy atom. The third-order valence-electron chi connectivity index (χ3n) is 6.41. The highest BCUT2D eigenvalue weighted by Gasteiger charge is 2.34. The lowest BCUT2D eigenvalue weighted by Gasteiger charge is -2.28. The minimum atomic E-state index is -0.122. The molecule has 1 aliphatic heterocycles. The average molecular weight is 430 g/mol. The summed E-state index contributed by atoms with van der Waals surface area (Å²) in [5.41, 5.74) is 10.0. The Labute approximate surface area is 189 Å². The highest BCUT2D eigenvalue weighted by Crippen LogP contribution is 2.33. The van der Waals surface area contributed by atoms with Gasteiger partial charge in [0.2, 0.25) is 0 Å². The number of nitrogen functional groups attached to an aromatic ring is 1. The molecule has 4 rings (SSSR count). The van der Waals surface area contributed by atoms with E-state index in [1.54, 1.807) is 0 Å². The lowest BCUT2D eigenvalue weighted by molar-refractivity contribution is 0.0950. The number of nitrogens with two attached hydrogens (primary N) is 1. The van der Waals surface area contributed by atoms with Crippen LogP contribution in [0.25, 0.3) is 11.1 Å². The van der Waals surface area contributed by atoms with E-state index in [0.29, 0.717) is 30.1 Å². The van der Waals surface area contributed by atoms with Gasteiger partial charge in [-0.05, 0) is 68.5 Å². The molecule has 3 unspecified atom stereocenters. The van der Waals surface area contributed by atoms with Gasteiger partial charge in [-0.1, -0.05) is 31.2 Å². The maximum absolute atomic E-state index is 12.7. The van der Waals surface area contributed by atoms with Gasteiger partial charge in [0.05, 0.1) is 12.2 Å². The zero-order valence-corrected chi connectivity index (χ0v) is 19.2. The lowest BCUT2D eigenvalue weighted by atomic mass is 10.0. The van der Waals surface area contributed by atoms with E-state index < -0.39 is 0 Å². The zero-order chi connectivity index (χ0) is 22.8. The topological polar surface area (TPSA) is 84.1 Å². The maximum atomic E-state index is 12.7. The first-order valence-electron chi connectivity index (χ1n) is 11.2. The third kappa shape index (κ3) is 4.59. The van der Waals surface area contributed by atoms with Crippen LogP contribution in [0.15, 0.2) is 54.6 Å². The van der Waals surface area contributed by atoms with Gasteiger partial charge in [-0.2, -0.15) is 0 Å². The van der Waals surface area contributed by atoms with Crippen LogP contribution in [0.3, 0.4) is 0 Å². The van der Waals surface area contributed by atoms with Gasteiger partial charge in [0.15, 0.2) is 0 Å². The molecule has 2 heterocycles. The maximum Gasteiger partial charge on any atom is 0.251 e. The average Bonchev–Trinajstić information content (AvgIpc) is 3.03. The van der Waals surface area contributed by atoms with Crippen LogP contribution in [0.5, 0.6) is 0 Å². The first-order valence-corrected chi connectivity index (χ1v) is 11.2. The minimum Gasteiger partial charge on any atom is -0.399 e. The first kappa shape index (κ1) is 21.8. The predicted octanol–water partition coefficient (Wildman–Crippen LogP) is 4.59. The van der Waals surface area contributed by atoms with Crippen molar-refractivity contribution in [1.29, 1.82) is 0 Å². The van der Waals surface area contributed by atoms with Crippen molar-refractivity contribution >= 4 is 17.4 Å². The van der Waals surface area contributed by atoms with Crippen molar-refractivity contribution in [3.63, 3.8) is 0 Å². The number of anilines is 2. The molecular weight excluding hydrogens is 398 g/mol. The van der Waals surface area contributed by atoms with E-state index in [2.05, 4.69) is 41.0 Å². The molecule has 166 valence electrons. The van der Waals surface area contributed by atoms with Crippen LogP contribution in [-0.4, -0.2) is 28.0 Å². The summed E-state index contributed by atoms with van der Waals surface area (Å²) in [4.78, 5) is 24.3. The Balaban J connectivity index is 1.44. The highest BCUT2D eigenvalue weighted by molar-refractivity contribution is 5.94. The Morgan fingerprint density at radius 2 is 1.66 bits per heavy atom. The predicted molar refractivity (Wildman–Crippen MR) is 129 cm³/mol. The van der Waals surface area contributed by atoms with Gasteiger partial charge in [0.1, 0.15) is 11.6 Å². The molecule has 0 radical (unpaired) electrons. The number of hydrogen-bond donors (Lipinski definition) is 2. The number of aromatic nitrogens is 2. The zero-order valence-electron chi connectivity index (χ0n) is 19.2. The van der Waals surface area contributed by atoms with E-state index in [1.165, 1.54) is 0 Å². The molecule has 2 aromatic carbocycles. The second kappa shape index (κ2) is 8.99. The van der Waals surface area contributed by atoms with Crippen LogP contribution in [0.4, 0.5) is 11.5 Å². The molecule has 3 atom stereocenters. The van der Waals surface area contributed by atoms with Crippen LogP contribution in [0.1, 0.15) is 49.1 Å². The molecule has 6 nitrogen and oxygen atoms in total. The molecule has 0 bridgehead atoms. The molecule has 0 spiro atoms. The quantitative estimate of drug-likeness (QED) is 0.580. The minimum absolute atomic E-state index is 0.122. The van der Waals surface area contributed by atoms with E-state index in [0.717, 1.165) is 40.6 Å². The van der Waals surface area contributed by atoms with Crippen molar-refractivity contribution in [2.75, 3.05) is 10.6 Å². The molecule has 6 heteroatoms. The summed E-state index contributed by atoms with van der Waals surface area (Å²) >= 11 is 0. The van der Waals surface area contributed by atoms with Crippen LogP contribution >= 0.6 is 0 Å². The summed E-state index contributed by atoms with van der Waals surface area (Å²) in [5.74, 6) is 2.17. The van der Waals surface area contributed by atoms with Crippen LogP contribution in [0.2, 0.25) is 0 Å². The summed E-state index contributed by atoms with van der Waals surface area (Å²) in [6, 6.07) is 18.1. The summed E-state index contributed by atoms with van der Waals surface area (Å²) in [7, 11) is 0. The number of nitrogens with zero attached hydrogens (tertiary/aromatic N) is 3. The normalized spacial score (nSPS) is 20.4. The van der Waals surface area contributed by atoms with E-state index in [1.807, 2.05) is 61.5 Å². The van der Waals surface area contributed by atoms with Gasteiger partial charge in [0, 0.05) is 29.4 Å². The third-order valence-corrected chi connectivity index (χ3v) is 6.41. The molecule has 0 aliphatic carbocycles. The molecule has 1 fully saturated rings. The molecule has 0 saturated carbocycles. The lowest BCUT2D eigenvalue weighted by Crippen LogP contribution is -2.35. The number of rotatable bonds is 5. The molecule has 32 heavy (non-hydrogen) atoms. The fraction of sp³-hybridized carbons (Fsp3) is 0.346. The van der Waals surface area contributed by atoms with E-state index in [-0.39, 0.29) is 5.91 Å². The molecular formula is C26H31N5O. The Morgan fingerprint density at radius 3 is 2.25 bits per heavy atom. The Kier molecular flexibility index (Phi) is 6.12. The van der Waals surface area contributed by atoms with Crippen molar-refractivity contribution in [2.24, 2.45) is 5.92 Å². The number of aryl methyl sites for hydroxylation is 1. The number of amides is 1. The van der Waals surface area contributed by atoms with Crippen LogP contribution in [0, 0.1) is 12.8 Å². The summed E-state index contributed by atoms with van der Waals surface area (Å²) < 4.78 is 0. The van der Waals surface area contributed by atoms with Gasteiger partial charge in [-0.15, -0.1) is 0 Å². The number of benzene rings is 2. The number of hydrogen-bond acceptors (Lipinski definition) is 5. The molecule has 1 aliphatic rings. The SMILES string of the molecule is Cc1nc(CNC(=O)c2ccc(-c3ccc(N)cc3)cc2)cc(N2C(C)CC(C)C2C)n1. The fourth-order valence-electron chi connectivity index (χ4n) is 4.56. The summed E-state index contributed by atoms with van der Waals surface area (Å²) in [5, 5.41) is 2.99. The van der Waals surface area contributed by atoms with Crippen molar-refractivity contribution in [1.82, 2.24) is 15.3 Å². The number of nitrogens with one attached hydrogen (secondary N) is 1. The smallest absolute Gasteiger partial charge is 0.251 e. The van der Waals surface area contributed by atoms with E-state index >= 15 is 0 Å². The van der Waals surface area contributed by atoms with Gasteiger partial charge in [0.25, 0.3) is 5.91 Å². The molecule has 3 N–H and O–H groups in total. The molecule has 1 aromatic heterocycles. The largest absolute Gasteiger partial charge is 0.399 e. The molecule has 1 saturated heterocycles. The van der Waals surface area contributed by atoms with Crippen LogP contribution in [-0.2, 0) is 6.54 Å².